The van der Waals surface area contributed by atoms with Gasteiger partial charge in [-0.2, -0.15) is 5.26 Å². The van der Waals surface area contributed by atoms with Gasteiger partial charge in [-0.15, -0.1) is 0 Å². The summed E-state index contributed by atoms with van der Waals surface area (Å²) in [6, 6.07) is 9.67. The lowest BCUT2D eigenvalue weighted by molar-refractivity contribution is 0.180. The highest BCUT2D eigenvalue weighted by Gasteiger charge is 2.26. The lowest BCUT2D eigenvalue weighted by atomic mass is 9.97. The maximum Gasteiger partial charge on any atom is 0.0991 e. The zero-order valence-corrected chi connectivity index (χ0v) is 11.8. The van der Waals surface area contributed by atoms with E-state index in [1.54, 1.807) is 0 Å². The van der Waals surface area contributed by atoms with Gasteiger partial charge in [0.25, 0.3) is 0 Å². The molecule has 108 valence electrons. The minimum atomic E-state index is -0.0478. The molecule has 3 rings (SSSR count). The van der Waals surface area contributed by atoms with Crippen LogP contribution in [0.2, 0.25) is 0 Å². The number of rotatable bonds is 4. The van der Waals surface area contributed by atoms with Crippen molar-refractivity contribution in [3.63, 3.8) is 0 Å². The summed E-state index contributed by atoms with van der Waals surface area (Å²) in [4.78, 5) is 4.23. The molecule has 0 amide bonds. The summed E-state index contributed by atoms with van der Waals surface area (Å²) in [5, 5.41) is 8.83. The Balaban J connectivity index is 1.76. The van der Waals surface area contributed by atoms with Gasteiger partial charge < -0.3 is 15.0 Å². The minimum absolute atomic E-state index is 0.0478. The highest BCUT2D eigenvalue weighted by atomic mass is 16.5. The van der Waals surface area contributed by atoms with Gasteiger partial charge in [-0.25, -0.2) is 4.98 Å². The van der Waals surface area contributed by atoms with Crippen LogP contribution in [0.1, 0.15) is 29.3 Å². The van der Waals surface area contributed by atoms with E-state index in [0.29, 0.717) is 18.0 Å². The molecule has 21 heavy (non-hydrogen) atoms. The molecule has 2 aromatic rings. The van der Waals surface area contributed by atoms with Crippen molar-refractivity contribution in [1.82, 2.24) is 9.55 Å². The van der Waals surface area contributed by atoms with Crippen molar-refractivity contribution in [2.45, 2.75) is 19.0 Å². The first kappa shape index (κ1) is 13.8. The smallest absolute Gasteiger partial charge is 0.0991 e. The van der Waals surface area contributed by atoms with E-state index in [1.165, 1.54) is 0 Å². The zero-order chi connectivity index (χ0) is 14.7. The fraction of sp³-hybridized carbons (Fsp3) is 0.375. The molecule has 5 nitrogen and oxygen atoms in total. The number of nitrogens with zero attached hydrogens (tertiary/aromatic N) is 3. The van der Waals surface area contributed by atoms with E-state index in [2.05, 4.69) is 15.6 Å². The molecule has 0 aliphatic carbocycles. The predicted molar refractivity (Wildman–Crippen MR) is 78.3 cm³/mol. The van der Waals surface area contributed by atoms with Crippen LogP contribution in [-0.2, 0) is 11.3 Å². The van der Waals surface area contributed by atoms with Gasteiger partial charge in [0.05, 0.1) is 36.3 Å². The number of benzene rings is 1. The molecule has 1 saturated heterocycles. The van der Waals surface area contributed by atoms with Crippen LogP contribution in [0.15, 0.2) is 36.8 Å². The van der Waals surface area contributed by atoms with Crippen molar-refractivity contribution in [2.75, 3.05) is 13.2 Å². The SMILES string of the molecule is N#Cc1ccc(Cn2cncc2C(N)C2CCOC2)cc1. The van der Waals surface area contributed by atoms with E-state index in [9.17, 15) is 0 Å². The molecule has 1 aliphatic heterocycles. The van der Waals surface area contributed by atoms with Crippen molar-refractivity contribution in [3.05, 3.63) is 53.6 Å². The number of ether oxygens (including phenoxy) is 1. The van der Waals surface area contributed by atoms with E-state index in [1.807, 2.05) is 36.8 Å². The van der Waals surface area contributed by atoms with Crippen LogP contribution in [-0.4, -0.2) is 22.8 Å². The highest BCUT2D eigenvalue weighted by Crippen LogP contribution is 2.26. The minimum Gasteiger partial charge on any atom is -0.381 e. The monoisotopic (exact) mass is 282 g/mol. The number of hydrogen-bond donors (Lipinski definition) is 1. The third-order valence-electron chi connectivity index (χ3n) is 3.99. The maximum atomic E-state index is 8.83. The molecule has 1 fully saturated rings. The molecule has 0 radical (unpaired) electrons. The third kappa shape index (κ3) is 2.97. The molecule has 1 aromatic carbocycles. The molecule has 0 spiro atoms. The summed E-state index contributed by atoms with van der Waals surface area (Å²) in [5.74, 6) is 0.362. The average Bonchev–Trinajstić information content (AvgIpc) is 3.19. The first-order valence-electron chi connectivity index (χ1n) is 7.10. The molecule has 5 heteroatoms. The van der Waals surface area contributed by atoms with E-state index in [-0.39, 0.29) is 6.04 Å². The fourth-order valence-corrected chi connectivity index (χ4v) is 2.70. The second kappa shape index (κ2) is 6.08. The largest absolute Gasteiger partial charge is 0.381 e. The van der Waals surface area contributed by atoms with Crippen molar-refractivity contribution >= 4 is 0 Å². The van der Waals surface area contributed by atoms with Crippen LogP contribution in [0.3, 0.4) is 0 Å². The number of imidazole rings is 1. The molecule has 2 heterocycles. The Morgan fingerprint density at radius 3 is 2.90 bits per heavy atom. The van der Waals surface area contributed by atoms with Crippen LogP contribution in [0, 0.1) is 17.2 Å². The topological polar surface area (TPSA) is 76.9 Å². The fourth-order valence-electron chi connectivity index (χ4n) is 2.70. The van der Waals surface area contributed by atoms with Crippen LogP contribution < -0.4 is 5.73 Å². The lowest BCUT2D eigenvalue weighted by Gasteiger charge is -2.19. The molecule has 0 saturated carbocycles. The molecule has 1 aromatic heterocycles. The van der Waals surface area contributed by atoms with Gasteiger partial charge in [0.15, 0.2) is 0 Å². The van der Waals surface area contributed by atoms with Gasteiger partial charge in [0, 0.05) is 25.3 Å². The Morgan fingerprint density at radius 2 is 2.24 bits per heavy atom. The van der Waals surface area contributed by atoms with Crippen molar-refractivity contribution in [1.29, 1.82) is 5.26 Å². The van der Waals surface area contributed by atoms with Crippen molar-refractivity contribution < 1.29 is 4.74 Å². The Morgan fingerprint density at radius 1 is 1.43 bits per heavy atom. The Labute approximate surface area is 124 Å². The zero-order valence-electron chi connectivity index (χ0n) is 11.8. The molecule has 0 bridgehead atoms. The van der Waals surface area contributed by atoms with Gasteiger partial charge in [-0.1, -0.05) is 12.1 Å². The van der Waals surface area contributed by atoms with E-state index >= 15 is 0 Å². The molecule has 2 N–H and O–H groups in total. The van der Waals surface area contributed by atoms with Crippen LogP contribution in [0.25, 0.3) is 0 Å². The number of hydrogen-bond acceptors (Lipinski definition) is 4. The maximum absolute atomic E-state index is 8.83. The molecular formula is C16H18N4O. The second-order valence-corrected chi connectivity index (χ2v) is 5.40. The summed E-state index contributed by atoms with van der Waals surface area (Å²) < 4.78 is 7.49. The third-order valence-corrected chi connectivity index (χ3v) is 3.99. The van der Waals surface area contributed by atoms with E-state index in [4.69, 9.17) is 15.7 Å². The molecule has 2 atom stereocenters. The normalized spacial score (nSPS) is 19.3. The van der Waals surface area contributed by atoms with Gasteiger partial charge >= 0.3 is 0 Å². The van der Waals surface area contributed by atoms with Gasteiger partial charge in [0.2, 0.25) is 0 Å². The number of nitriles is 1. The van der Waals surface area contributed by atoms with Crippen molar-refractivity contribution in [2.24, 2.45) is 11.7 Å². The number of aromatic nitrogens is 2. The molecular weight excluding hydrogens is 264 g/mol. The summed E-state index contributed by atoms with van der Waals surface area (Å²) in [5.41, 5.74) is 9.20. The van der Waals surface area contributed by atoms with Gasteiger partial charge in [0.1, 0.15) is 0 Å². The number of nitrogens with two attached hydrogens (primary N) is 1. The van der Waals surface area contributed by atoms with Crippen molar-refractivity contribution in [3.8, 4) is 6.07 Å². The van der Waals surface area contributed by atoms with E-state index < -0.39 is 0 Å². The summed E-state index contributed by atoms with van der Waals surface area (Å²) >= 11 is 0. The summed E-state index contributed by atoms with van der Waals surface area (Å²) in [7, 11) is 0. The quantitative estimate of drug-likeness (QED) is 0.928. The van der Waals surface area contributed by atoms with Crippen LogP contribution in [0.5, 0.6) is 0 Å². The molecule has 2 unspecified atom stereocenters. The average molecular weight is 282 g/mol. The Bertz CT molecular complexity index is 635. The predicted octanol–water partition coefficient (Wildman–Crippen LogP) is 1.84. The molecule has 1 aliphatic rings. The van der Waals surface area contributed by atoms with Crippen LogP contribution in [0.4, 0.5) is 0 Å². The van der Waals surface area contributed by atoms with Gasteiger partial charge in [-0.3, -0.25) is 0 Å². The summed E-state index contributed by atoms with van der Waals surface area (Å²) in [6.07, 6.45) is 4.65. The lowest BCUT2D eigenvalue weighted by Crippen LogP contribution is -2.24. The van der Waals surface area contributed by atoms with Gasteiger partial charge in [-0.05, 0) is 24.1 Å². The van der Waals surface area contributed by atoms with E-state index in [0.717, 1.165) is 30.9 Å². The Hall–Kier alpha value is -2.16. The highest BCUT2D eigenvalue weighted by molar-refractivity contribution is 5.31. The first-order chi connectivity index (χ1) is 10.3. The standard InChI is InChI=1S/C16H18N4O/c17-7-12-1-3-13(4-2-12)9-20-11-19-8-15(20)16(18)14-5-6-21-10-14/h1-4,8,11,14,16H,5-6,9-10,18H2. The Kier molecular flexibility index (Phi) is 4.00. The second-order valence-electron chi connectivity index (χ2n) is 5.40. The summed E-state index contributed by atoms with van der Waals surface area (Å²) in [6.45, 7) is 2.23. The first-order valence-corrected chi connectivity index (χ1v) is 7.10. The van der Waals surface area contributed by atoms with Crippen LogP contribution >= 0.6 is 0 Å².